The van der Waals surface area contributed by atoms with Crippen molar-refractivity contribution >= 4 is 35.6 Å². The van der Waals surface area contributed by atoms with Crippen LogP contribution in [0.25, 0.3) is 0 Å². The van der Waals surface area contributed by atoms with Crippen molar-refractivity contribution in [1.29, 1.82) is 0 Å². The van der Waals surface area contributed by atoms with Gasteiger partial charge in [0, 0.05) is 31.4 Å². The molecule has 1 aliphatic heterocycles. The van der Waals surface area contributed by atoms with Crippen molar-refractivity contribution in [1.82, 2.24) is 4.90 Å². The first-order valence-electron chi connectivity index (χ1n) is 6.06. The maximum absolute atomic E-state index is 5.90. The molecule has 3 nitrogen and oxygen atoms in total. The molecule has 1 aliphatic rings. The molecule has 1 atom stereocenters. The second kappa shape index (κ2) is 8.75. The highest BCUT2D eigenvalue weighted by Gasteiger charge is 2.22. The van der Waals surface area contributed by atoms with Crippen LogP contribution >= 0.6 is 35.6 Å². The Hall–Kier alpha value is -0.350. The largest absolute Gasteiger partial charge is 0.486 e. The number of hydrogen-bond donors (Lipinski definition) is 0. The smallest absolute Gasteiger partial charge is 0.161 e. The van der Waals surface area contributed by atoms with Gasteiger partial charge in [0.25, 0.3) is 0 Å². The van der Waals surface area contributed by atoms with Gasteiger partial charge in [-0.2, -0.15) is 0 Å². The molecule has 1 heterocycles. The van der Waals surface area contributed by atoms with E-state index >= 15 is 0 Å². The van der Waals surface area contributed by atoms with E-state index in [-0.39, 0.29) is 18.5 Å². The summed E-state index contributed by atoms with van der Waals surface area (Å²) in [4.78, 5) is 2.20. The van der Waals surface area contributed by atoms with Crippen LogP contribution in [0.1, 0.15) is 0 Å². The van der Waals surface area contributed by atoms with Crippen molar-refractivity contribution in [3.05, 3.63) is 24.3 Å². The quantitative estimate of drug-likeness (QED) is 0.750. The van der Waals surface area contributed by atoms with Gasteiger partial charge in [-0.15, -0.1) is 35.6 Å². The highest BCUT2D eigenvalue weighted by atomic mass is 35.5. The zero-order valence-electron chi connectivity index (χ0n) is 10.6. The molecule has 0 saturated carbocycles. The third-order valence-corrected chi connectivity index (χ3v) is 3.17. The number of fused-ring (bicyclic) bond motifs is 1. The molecule has 0 unspecified atom stereocenters. The Morgan fingerprint density at radius 3 is 2.37 bits per heavy atom. The van der Waals surface area contributed by atoms with Gasteiger partial charge in [-0.25, -0.2) is 0 Å². The van der Waals surface area contributed by atoms with Crippen molar-refractivity contribution in [3.8, 4) is 11.5 Å². The number of halogens is 3. The molecule has 1 aromatic carbocycles. The molecule has 0 radical (unpaired) electrons. The number of alkyl halides is 2. The van der Waals surface area contributed by atoms with Crippen LogP contribution in [0.4, 0.5) is 0 Å². The van der Waals surface area contributed by atoms with Gasteiger partial charge in [0.1, 0.15) is 12.7 Å². The van der Waals surface area contributed by atoms with Gasteiger partial charge in [0.15, 0.2) is 11.5 Å². The van der Waals surface area contributed by atoms with E-state index in [0.29, 0.717) is 18.4 Å². The summed E-state index contributed by atoms with van der Waals surface area (Å²) in [6.07, 6.45) is 0.0336. The first-order chi connectivity index (χ1) is 8.83. The third kappa shape index (κ3) is 4.92. The van der Waals surface area contributed by atoms with Crippen molar-refractivity contribution in [3.63, 3.8) is 0 Å². The molecule has 0 N–H and O–H groups in total. The average molecular weight is 327 g/mol. The van der Waals surface area contributed by atoms with Crippen LogP contribution in [-0.2, 0) is 0 Å². The lowest BCUT2D eigenvalue weighted by molar-refractivity contribution is 0.0619. The molecule has 1 aromatic rings. The van der Waals surface area contributed by atoms with Crippen molar-refractivity contribution in [2.45, 2.75) is 6.10 Å². The number of benzene rings is 1. The standard InChI is InChI=1S/C13H17Cl2NO2.ClH/c14-5-7-16(8-6-15)9-11-10-17-12-3-1-2-4-13(12)18-11;/h1-4,11H,5-10H2;1H/t11-;/m0./s1. The van der Waals surface area contributed by atoms with Crippen LogP contribution in [0.3, 0.4) is 0 Å². The molecule has 0 aromatic heterocycles. The second-order valence-corrected chi connectivity index (χ2v) is 4.93. The second-order valence-electron chi connectivity index (χ2n) is 4.18. The number of rotatable bonds is 6. The molecule has 0 aliphatic carbocycles. The summed E-state index contributed by atoms with van der Waals surface area (Å²) in [6.45, 7) is 2.98. The van der Waals surface area contributed by atoms with E-state index in [1.807, 2.05) is 24.3 Å². The Morgan fingerprint density at radius 1 is 1.11 bits per heavy atom. The lowest BCUT2D eigenvalue weighted by Gasteiger charge is -2.30. The minimum Gasteiger partial charge on any atom is -0.486 e. The van der Waals surface area contributed by atoms with Gasteiger partial charge in [0.2, 0.25) is 0 Å². The minimum absolute atomic E-state index is 0. The molecule has 19 heavy (non-hydrogen) atoms. The van der Waals surface area contributed by atoms with Crippen LogP contribution in [0, 0.1) is 0 Å². The molecule has 0 amide bonds. The molecular formula is C13H18Cl3NO2. The predicted molar refractivity (Wildman–Crippen MR) is 81.5 cm³/mol. The molecular weight excluding hydrogens is 309 g/mol. The van der Waals surface area contributed by atoms with Crippen LogP contribution in [0.15, 0.2) is 24.3 Å². The fourth-order valence-electron chi connectivity index (χ4n) is 1.97. The first kappa shape index (κ1) is 16.7. The fraction of sp³-hybridized carbons (Fsp3) is 0.538. The van der Waals surface area contributed by atoms with Crippen LogP contribution in [0.5, 0.6) is 11.5 Å². The molecule has 0 fully saturated rings. The Morgan fingerprint density at radius 2 is 1.74 bits per heavy atom. The Bertz CT molecular complexity index is 373. The van der Waals surface area contributed by atoms with E-state index in [1.165, 1.54) is 0 Å². The SMILES string of the molecule is Cl.ClCCN(CCCl)C[C@H]1COc2ccccc2O1. The number of ether oxygens (including phenoxy) is 2. The zero-order valence-corrected chi connectivity index (χ0v) is 12.9. The summed E-state index contributed by atoms with van der Waals surface area (Å²) in [7, 11) is 0. The Balaban J connectivity index is 0.00000180. The van der Waals surface area contributed by atoms with Crippen molar-refractivity contribution < 1.29 is 9.47 Å². The summed E-state index contributed by atoms with van der Waals surface area (Å²) in [5, 5.41) is 0. The van der Waals surface area contributed by atoms with E-state index < -0.39 is 0 Å². The molecule has 6 heteroatoms. The third-order valence-electron chi connectivity index (χ3n) is 2.83. The summed E-state index contributed by atoms with van der Waals surface area (Å²) >= 11 is 11.5. The highest BCUT2D eigenvalue weighted by molar-refractivity contribution is 6.18. The summed E-state index contributed by atoms with van der Waals surface area (Å²) in [5.41, 5.74) is 0. The van der Waals surface area contributed by atoms with Gasteiger partial charge in [-0.3, -0.25) is 4.90 Å². The number of nitrogens with zero attached hydrogens (tertiary/aromatic N) is 1. The normalized spacial score (nSPS) is 17.1. The van der Waals surface area contributed by atoms with Gasteiger partial charge >= 0.3 is 0 Å². The minimum atomic E-state index is 0. The van der Waals surface area contributed by atoms with E-state index in [2.05, 4.69) is 4.90 Å². The van der Waals surface area contributed by atoms with Gasteiger partial charge in [-0.1, -0.05) is 12.1 Å². The molecule has 0 saturated heterocycles. The van der Waals surface area contributed by atoms with Crippen molar-refractivity contribution in [2.24, 2.45) is 0 Å². The van der Waals surface area contributed by atoms with Crippen LogP contribution in [0.2, 0.25) is 0 Å². The lowest BCUT2D eigenvalue weighted by Crippen LogP contribution is -2.42. The molecule has 0 bridgehead atoms. The summed E-state index contributed by atoms with van der Waals surface area (Å²) in [5.74, 6) is 2.82. The predicted octanol–water partition coefficient (Wildman–Crippen LogP) is 3.03. The van der Waals surface area contributed by atoms with E-state index in [1.54, 1.807) is 0 Å². The average Bonchev–Trinajstić information content (AvgIpc) is 2.39. The number of hydrogen-bond acceptors (Lipinski definition) is 3. The van der Waals surface area contributed by atoms with E-state index in [9.17, 15) is 0 Å². The van der Waals surface area contributed by atoms with Gasteiger partial charge in [-0.05, 0) is 12.1 Å². The highest BCUT2D eigenvalue weighted by Crippen LogP contribution is 2.30. The maximum Gasteiger partial charge on any atom is 0.161 e. The van der Waals surface area contributed by atoms with E-state index in [4.69, 9.17) is 32.7 Å². The lowest BCUT2D eigenvalue weighted by atomic mass is 10.2. The Kier molecular flexibility index (Phi) is 7.69. The van der Waals surface area contributed by atoms with Crippen molar-refractivity contribution in [2.75, 3.05) is 38.0 Å². The Labute approximate surface area is 130 Å². The fourth-order valence-corrected chi connectivity index (χ4v) is 2.45. The summed E-state index contributed by atoms with van der Waals surface area (Å²) in [6, 6.07) is 7.73. The van der Waals surface area contributed by atoms with Crippen LogP contribution in [-0.4, -0.2) is 49.0 Å². The molecule has 0 spiro atoms. The van der Waals surface area contributed by atoms with Gasteiger partial charge < -0.3 is 9.47 Å². The van der Waals surface area contributed by atoms with Crippen LogP contribution < -0.4 is 9.47 Å². The maximum atomic E-state index is 5.90. The van der Waals surface area contributed by atoms with E-state index in [0.717, 1.165) is 31.1 Å². The van der Waals surface area contributed by atoms with Gasteiger partial charge in [0.05, 0.1) is 0 Å². The summed E-state index contributed by atoms with van der Waals surface area (Å²) < 4.78 is 11.6. The zero-order chi connectivity index (χ0) is 12.8. The first-order valence-corrected chi connectivity index (χ1v) is 7.13. The molecule has 108 valence electrons. The molecule has 2 rings (SSSR count). The monoisotopic (exact) mass is 325 g/mol. The number of para-hydroxylation sites is 2. The topological polar surface area (TPSA) is 21.7 Å².